The van der Waals surface area contributed by atoms with Gasteiger partial charge in [0.25, 0.3) is 0 Å². The van der Waals surface area contributed by atoms with Crippen molar-refractivity contribution in [3.8, 4) is 0 Å². The zero-order valence-electron chi connectivity index (χ0n) is 21.2. The second-order valence-electron chi connectivity index (χ2n) is 8.89. The zero-order valence-corrected chi connectivity index (χ0v) is 21.2. The Bertz CT molecular complexity index is 972. The first kappa shape index (κ1) is 32.7. The van der Waals surface area contributed by atoms with Crippen LogP contribution in [-0.2, 0) is 38.4 Å². The Morgan fingerprint density at radius 2 is 1.03 bits per heavy atom. The Hall–Kier alpha value is -4.28. The molecule has 0 aromatic heterocycles. The highest BCUT2D eigenvalue weighted by Gasteiger charge is 2.35. The van der Waals surface area contributed by atoms with Gasteiger partial charge in [-0.15, -0.1) is 0 Å². The first-order valence-electron chi connectivity index (χ1n) is 12.1. The van der Waals surface area contributed by atoms with Crippen LogP contribution in [0.3, 0.4) is 0 Å². The smallest absolute Gasteiger partial charge is 0.305 e. The van der Waals surface area contributed by atoms with Gasteiger partial charge >= 0.3 is 17.9 Å². The number of nitrogens with two attached hydrogens (primary N) is 1. The number of nitrogens with one attached hydrogen (secondary N) is 5. The SMILES string of the molecule is C[C@@H]1NC(=O)[C@H](CC(=O)O)NC(=O)[C@H](CC(=O)O)NC(=O)[C@H](CCCCN)NC(=O)[C@H](CCC(=O)O)NC1=O. The maximum Gasteiger partial charge on any atom is 0.305 e. The summed E-state index contributed by atoms with van der Waals surface area (Å²) in [5, 5.41) is 38.6. The summed E-state index contributed by atoms with van der Waals surface area (Å²) in [6.07, 6.45) is -2.04. The van der Waals surface area contributed by atoms with Gasteiger partial charge in [-0.05, 0) is 39.2 Å². The zero-order chi connectivity index (χ0) is 29.7. The molecule has 5 amide bonds. The average molecular weight is 559 g/mol. The highest BCUT2D eigenvalue weighted by Crippen LogP contribution is 2.07. The summed E-state index contributed by atoms with van der Waals surface area (Å²) < 4.78 is 0. The van der Waals surface area contributed by atoms with Crippen molar-refractivity contribution in [2.75, 3.05) is 6.54 Å². The molecule has 1 heterocycles. The monoisotopic (exact) mass is 558 g/mol. The van der Waals surface area contributed by atoms with Gasteiger partial charge in [-0.3, -0.25) is 38.4 Å². The fourth-order valence-corrected chi connectivity index (χ4v) is 3.56. The van der Waals surface area contributed by atoms with Crippen LogP contribution in [0.15, 0.2) is 0 Å². The van der Waals surface area contributed by atoms with E-state index in [1.54, 1.807) is 0 Å². The maximum absolute atomic E-state index is 13.1. The first-order valence-corrected chi connectivity index (χ1v) is 12.1. The van der Waals surface area contributed by atoms with E-state index in [0.717, 1.165) is 0 Å². The molecular formula is C22H34N6O11. The molecule has 17 nitrogen and oxygen atoms in total. The molecule has 1 saturated heterocycles. The predicted octanol–water partition coefficient (Wildman–Crippen LogP) is -3.61. The molecule has 0 aromatic rings. The second kappa shape index (κ2) is 15.9. The van der Waals surface area contributed by atoms with Crippen LogP contribution in [0.5, 0.6) is 0 Å². The van der Waals surface area contributed by atoms with Gasteiger partial charge in [-0.25, -0.2) is 0 Å². The fraction of sp³-hybridized carbons (Fsp3) is 0.636. The van der Waals surface area contributed by atoms with Crippen LogP contribution >= 0.6 is 0 Å². The van der Waals surface area contributed by atoms with Gasteiger partial charge in [0.2, 0.25) is 29.5 Å². The molecule has 1 rings (SSSR count). The van der Waals surface area contributed by atoms with E-state index in [4.69, 9.17) is 10.8 Å². The van der Waals surface area contributed by atoms with E-state index in [9.17, 15) is 48.6 Å². The van der Waals surface area contributed by atoms with Gasteiger partial charge in [-0.2, -0.15) is 0 Å². The van der Waals surface area contributed by atoms with Crippen LogP contribution < -0.4 is 32.3 Å². The molecule has 39 heavy (non-hydrogen) atoms. The molecule has 218 valence electrons. The van der Waals surface area contributed by atoms with E-state index in [1.165, 1.54) is 6.92 Å². The summed E-state index contributed by atoms with van der Waals surface area (Å²) in [6, 6.07) is -7.68. The molecule has 10 N–H and O–H groups in total. The van der Waals surface area contributed by atoms with E-state index < -0.39 is 96.9 Å². The number of amides is 5. The number of hydrogen-bond donors (Lipinski definition) is 9. The largest absolute Gasteiger partial charge is 0.481 e. The highest BCUT2D eigenvalue weighted by molar-refractivity contribution is 5.99. The van der Waals surface area contributed by atoms with Crippen LogP contribution in [0.2, 0.25) is 0 Å². The minimum atomic E-state index is -1.77. The van der Waals surface area contributed by atoms with E-state index in [-0.39, 0.29) is 19.4 Å². The lowest BCUT2D eigenvalue weighted by Crippen LogP contribution is -2.58. The lowest BCUT2D eigenvalue weighted by atomic mass is 10.0. The van der Waals surface area contributed by atoms with Gasteiger partial charge in [0.15, 0.2) is 0 Å². The third kappa shape index (κ3) is 11.8. The number of unbranched alkanes of at least 4 members (excludes halogenated alkanes) is 1. The average Bonchev–Trinajstić information content (AvgIpc) is 2.83. The Morgan fingerprint density at radius 1 is 0.615 bits per heavy atom. The van der Waals surface area contributed by atoms with Crippen molar-refractivity contribution in [1.82, 2.24) is 26.6 Å². The van der Waals surface area contributed by atoms with Crippen LogP contribution in [0.1, 0.15) is 51.9 Å². The van der Waals surface area contributed by atoms with Crippen LogP contribution in [0.4, 0.5) is 0 Å². The fourth-order valence-electron chi connectivity index (χ4n) is 3.56. The second-order valence-corrected chi connectivity index (χ2v) is 8.89. The summed E-state index contributed by atoms with van der Waals surface area (Å²) in [5.74, 6) is -9.44. The molecule has 0 saturated carbocycles. The van der Waals surface area contributed by atoms with Gasteiger partial charge in [0.05, 0.1) is 12.8 Å². The Morgan fingerprint density at radius 3 is 1.49 bits per heavy atom. The lowest BCUT2D eigenvalue weighted by Gasteiger charge is -2.25. The topological polar surface area (TPSA) is 283 Å². The van der Waals surface area contributed by atoms with Crippen molar-refractivity contribution < 1.29 is 53.7 Å². The van der Waals surface area contributed by atoms with Crippen LogP contribution in [0, 0.1) is 0 Å². The third-order valence-electron chi connectivity index (χ3n) is 5.64. The van der Waals surface area contributed by atoms with E-state index in [1.807, 2.05) is 0 Å². The van der Waals surface area contributed by atoms with Crippen molar-refractivity contribution in [2.24, 2.45) is 5.73 Å². The van der Waals surface area contributed by atoms with Gasteiger partial charge in [0.1, 0.15) is 30.2 Å². The van der Waals surface area contributed by atoms with Crippen molar-refractivity contribution in [1.29, 1.82) is 0 Å². The molecule has 17 heteroatoms. The molecule has 0 aromatic carbocycles. The molecule has 0 aliphatic carbocycles. The van der Waals surface area contributed by atoms with Crippen molar-refractivity contribution >= 4 is 47.4 Å². The molecule has 5 atom stereocenters. The summed E-state index contributed by atoms with van der Waals surface area (Å²) in [6.45, 7) is 1.46. The summed E-state index contributed by atoms with van der Waals surface area (Å²) in [5.41, 5.74) is 5.48. The molecule has 0 spiro atoms. The van der Waals surface area contributed by atoms with Crippen molar-refractivity contribution in [3.05, 3.63) is 0 Å². The number of carbonyl (C=O) groups is 8. The molecule has 0 unspecified atom stereocenters. The quantitative estimate of drug-likeness (QED) is 0.111. The van der Waals surface area contributed by atoms with Gasteiger partial charge in [-0.1, -0.05) is 0 Å². The predicted molar refractivity (Wildman–Crippen MR) is 130 cm³/mol. The van der Waals surface area contributed by atoms with Crippen molar-refractivity contribution in [2.45, 2.75) is 82.1 Å². The van der Waals surface area contributed by atoms with Crippen LogP contribution in [-0.4, -0.2) is 99.5 Å². The molecular weight excluding hydrogens is 524 g/mol. The number of rotatable bonds is 11. The summed E-state index contributed by atoms with van der Waals surface area (Å²) in [4.78, 5) is 98.1. The van der Waals surface area contributed by atoms with E-state index >= 15 is 0 Å². The summed E-state index contributed by atoms with van der Waals surface area (Å²) in [7, 11) is 0. The normalized spacial score (nSPS) is 25.1. The molecule has 1 aliphatic heterocycles. The van der Waals surface area contributed by atoms with E-state index in [2.05, 4.69) is 26.6 Å². The standard InChI is InChI=1S/C22H34N6O11/c1-10-18(35)25-12(5-6-15(29)30)20(37)26-11(4-2-3-7-23)19(36)27-14(9-17(33)34)22(39)28-13(8-16(31)32)21(38)24-10/h10-14H,2-9,23H2,1H3,(H,24,38)(H,25,35)(H,26,37)(H,27,36)(H,28,39)(H,29,30)(H,31,32)(H,33,34)/t10-,11-,12-,13-,14-/m0/s1. The van der Waals surface area contributed by atoms with E-state index in [0.29, 0.717) is 12.8 Å². The van der Waals surface area contributed by atoms with Crippen LogP contribution in [0.25, 0.3) is 0 Å². The van der Waals surface area contributed by atoms with Crippen molar-refractivity contribution in [3.63, 3.8) is 0 Å². The maximum atomic E-state index is 13.1. The number of hydrogen-bond acceptors (Lipinski definition) is 9. The summed E-state index contributed by atoms with van der Waals surface area (Å²) >= 11 is 0. The molecule has 0 radical (unpaired) electrons. The first-order chi connectivity index (χ1) is 18.2. The molecule has 0 bridgehead atoms. The molecule has 1 aliphatic rings. The van der Waals surface area contributed by atoms with Gasteiger partial charge in [0, 0.05) is 6.42 Å². The minimum Gasteiger partial charge on any atom is -0.481 e. The van der Waals surface area contributed by atoms with Gasteiger partial charge < -0.3 is 47.6 Å². The molecule has 1 fully saturated rings. The Labute approximate surface area is 222 Å². The number of aliphatic carboxylic acids is 3. The highest BCUT2D eigenvalue weighted by atomic mass is 16.4. The minimum absolute atomic E-state index is 0.00609. The number of carboxylic acid groups (broad SMARTS) is 3. The Kier molecular flexibility index (Phi) is 13.3. The number of carboxylic acids is 3. The lowest BCUT2D eigenvalue weighted by molar-refractivity contribution is -0.143. The Balaban J connectivity index is 3.48. The number of carbonyl (C=O) groups excluding carboxylic acids is 5. The third-order valence-corrected chi connectivity index (χ3v) is 5.64.